The van der Waals surface area contributed by atoms with Crippen LogP contribution in [-0.4, -0.2) is 17.1 Å². The minimum atomic E-state index is -0.0410. The first-order chi connectivity index (χ1) is 9.51. The Bertz CT molecular complexity index is 558. The lowest BCUT2D eigenvalue weighted by atomic mass is 10.0. The molecule has 0 aliphatic carbocycles. The zero-order valence-electron chi connectivity index (χ0n) is 12.6. The quantitative estimate of drug-likeness (QED) is 0.877. The van der Waals surface area contributed by atoms with Gasteiger partial charge < -0.3 is 15.5 Å². The zero-order valence-corrected chi connectivity index (χ0v) is 12.6. The van der Waals surface area contributed by atoms with Crippen LogP contribution in [0.15, 0.2) is 24.3 Å². The molecule has 0 amide bonds. The molecule has 0 aliphatic rings. The third-order valence-electron chi connectivity index (χ3n) is 3.34. The summed E-state index contributed by atoms with van der Waals surface area (Å²) < 4.78 is 5.17. The number of methoxy groups -OCH3 is 1. The van der Waals surface area contributed by atoms with Crippen molar-refractivity contribution >= 4 is 0 Å². The summed E-state index contributed by atoms with van der Waals surface area (Å²) in [4.78, 5) is 7.98. The van der Waals surface area contributed by atoms with E-state index in [1.807, 2.05) is 31.2 Å². The van der Waals surface area contributed by atoms with Crippen molar-refractivity contribution < 1.29 is 4.74 Å². The Kier molecular flexibility index (Phi) is 4.45. The molecule has 0 spiro atoms. The van der Waals surface area contributed by atoms with Crippen LogP contribution < -0.4 is 10.5 Å². The van der Waals surface area contributed by atoms with Crippen LogP contribution >= 0.6 is 0 Å². The number of hydrogen-bond donors (Lipinski definition) is 2. The smallest absolute Gasteiger partial charge is 0.124 e. The molecule has 108 valence electrons. The number of nitrogens with one attached hydrogen (secondary N) is 1. The number of aryl methyl sites for hydroxylation is 1. The summed E-state index contributed by atoms with van der Waals surface area (Å²) >= 11 is 0. The first-order valence-corrected chi connectivity index (χ1v) is 6.97. The fraction of sp³-hybridized carbons (Fsp3) is 0.438. The van der Waals surface area contributed by atoms with Gasteiger partial charge in [-0.2, -0.15) is 0 Å². The molecule has 4 nitrogen and oxygen atoms in total. The highest BCUT2D eigenvalue weighted by Crippen LogP contribution is 2.26. The number of ether oxygens (including phenoxy) is 1. The number of benzene rings is 1. The molecular formula is C16H23N3O. The number of hydrogen-bond acceptors (Lipinski definition) is 3. The van der Waals surface area contributed by atoms with E-state index < -0.39 is 0 Å². The zero-order chi connectivity index (χ0) is 14.7. The van der Waals surface area contributed by atoms with Gasteiger partial charge in [0.2, 0.25) is 0 Å². The summed E-state index contributed by atoms with van der Waals surface area (Å²) in [6.45, 7) is 6.36. The molecule has 0 saturated carbocycles. The van der Waals surface area contributed by atoms with E-state index in [1.54, 1.807) is 7.11 Å². The minimum absolute atomic E-state index is 0.0410. The van der Waals surface area contributed by atoms with Gasteiger partial charge in [-0.15, -0.1) is 0 Å². The lowest BCUT2D eigenvalue weighted by Crippen LogP contribution is -2.14. The first kappa shape index (κ1) is 14.6. The maximum Gasteiger partial charge on any atom is 0.124 e. The second-order valence-corrected chi connectivity index (χ2v) is 5.56. The molecule has 1 aromatic carbocycles. The van der Waals surface area contributed by atoms with E-state index in [2.05, 4.69) is 23.8 Å². The van der Waals surface area contributed by atoms with Crippen LogP contribution in [0.25, 0.3) is 11.3 Å². The van der Waals surface area contributed by atoms with Gasteiger partial charge in [0.05, 0.1) is 18.8 Å². The number of imidazole rings is 1. The SMILES string of the molecule is COc1ccc(-c2nc(C(N)CC(C)C)[nH]c2C)cc1. The number of aromatic amines is 1. The van der Waals surface area contributed by atoms with E-state index in [4.69, 9.17) is 10.5 Å². The summed E-state index contributed by atoms with van der Waals surface area (Å²) in [5.41, 5.74) is 9.27. The number of nitrogens with zero attached hydrogens (tertiary/aromatic N) is 1. The van der Waals surface area contributed by atoms with E-state index in [1.165, 1.54) is 0 Å². The van der Waals surface area contributed by atoms with E-state index in [0.717, 1.165) is 34.9 Å². The van der Waals surface area contributed by atoms with Crippen molar-refractivity contribution in [2.75, 3.05) is 7.11 Å². The fourth-order valence-electron chi connectivity index (χ4n) is 2.31. The Morgan fingerprint density at radius 2 is 1.90 bits per heavy atom. The molecule has 0 aliphatic heterocycles. The lowest BCUT2D eigenvalue weighted by Gasteiger charge is -2.10. The Morgan fingerprint density at radius 3 is 2.45 bits per heavy atom. The number of rotatable bonds is 5. The molecule has 1 heterocycles. The molecule has 4 heteroatoms. The molecule has 3 N–H and O–H groups in total. The summed E-state index contributed by atoms with van der Waals surface area (Å²) in [7, 11) is 1.66. The van der Waals surface area contributed by atoms with E-state index in [-0.39, 0.29) is 6.04 Å². The van der Waals surface area contributed by atoms with Crippen molar-refractivity contribution in [1.29, 1.82) is 0 Å². The highest BCUT2D eigenvalue weighted by Gasteiger charge is 2.15. The molecule has 1 unspecified atom stereocenters. The van der Waals surface area contributed by atoms with E-state index >= 15 is 0 Å². The number of aromatic nitrogens is 2. The largest absolute Gasteiger partial charge is 0.497 e. The van der Waals surface area contributed by atoms with Crippen LogP contribution in [0, 0.1) is 12.8 Å². The fourth-order valence-corrected chi connectivity index (χ4v) is 2.31. The molecule has 0 bridgehead atoms. The second kappa shape index (κ2) is 6.09. The Balaban J connectivity index is 2.26. The molecule has 0 saturated heterocycles. The van der Waals surface area contributed by atoms with Crippen molar-refractivity contribution in [3.05, 3.63) is 35.8 Å². The van der Waals surface area contributed by atoms with Crippen LogP contribution in [0.3, 0.4) is 0 Å². The average Bonchev–Trinajstić information content (AvgIpc) is 2.80. The van der Waals surface area contributed by atoms with Gasteiger partial charge in [0.1, 0.15) is 11.6 Å². The topological polar surface area (TPSA) is 63.9 Å². The summed E-state index contributed by atoms with van der Waals surface area (Å²) in [5.74, 6) is 2.26. The maximum absolute atomic E-state index is 6.19. The van der Waals surface area contributed by atoms with Crippen molar-refractivity contribution in [2.45, 2.75) is 33.2 Å². The standard InChI is InChI=1S/C16H23N3O/c1-10(2)9-14(17)16-18-11(3)15(19-16)12-5-7-13(20-4)8-6-12/h5-8,10,14H,9,17H2,1-4H3,(H,18,19). The van der Waals surface area contributed by atoms with E-state index in [0.29, 0.717) is 5.92 Å². The second-order valence-electron chi connectivity index (χ2n) is 5.56. The van der Waals surface area contributed by atoms with Crippen LogP contribution in [0.1, 0.15) is 37.8 Å². The van der Waals surface area contributed by atoms with Crippen molar-refractivity contribution in [3.63, 3.8) is 0 Å². The highest BCUT2D eigenvalue weighted by atomic mass is 16.5. The Hall–Kier alpha value is -1.81. The Morgan fingerprint density at radius 1 is 1.25 bits per heavy atom. The van der Waals surface area contributed by atoms with Gasteiger partial charge in [0.15, 0.2) is 0 Å². The van der Waals surface area contributed by atoms with Crippen molar-refractivity contribution in [1.82, 2.24) is 9.97 Å². The summed E-state index contributed by atoms with van der Waals surface area (Å²) in [5, 5.41) is 0. The van der Waals surface area contributed by atoms with Crippen LogP contribution in [0.2, 0.25) is 0 Å². The molecule has 0 fully saturated rings. The van der Waals surface area contributed by atoms with Gasteiger partial charge in [-0.05, 0) is 43.5 Å². The van der Waals surface area contributed by atoms with Crippen LogP contribution in [0.4, 0.5) is 0 Å². The number of nitrogens with two attached hydrogens (primary N) is 1. The molecule has 20 heavy (non-hydrogen) atoms. The normalized spacial score (nSPS) is 12.7. The van der Waals surface area contributed by atoms with Crippen molar-refractivity contribution in [2.24, 2.45) is 11.7 Å². The molecule has 2 rings (SSSR count). The third kappa shape index (κ3) is 3.20. The van der Waals surface area contributed by atoms with E-state index in [9.17, 15) is 0 Å². The summed E-state index contributed by atoms with van der Waals surface area (Å²) in [6, 6.07) is 7.87. The van der Waals surface area contributed by atoms with Gasteiger partial charge in [-0.1, -0.05) is 13.8 Å². The van der Waals surface area contributed by atoms with Gasteiger partial charge in [-0.25, -0.2) is 4.98 Å². The molecule has 1 aromatic heterocycles. The van der Waals surface area contributed by atoms with Gasteiger partial charge in [0.25, 0.3) is 0 Å². The maximum atomic E-state index is 6.19. The van der Waals surface area contributed by atoms with Gasteiger partial charge >= 0.3 is 0 Å². The Labute approximate surface area is 120 Å². The molecule has 1 atom stereocenters. The van der Waals surface area contributed by atoms with Crippen LogP contribution in [0.5, 0.6) is 5.75 Å². The predicted molar refractivity (Wildman–Crippen MR) is 81.7 cm³/mol. The van der Waals surface area contributed by atoms with Crippen LogP contribution in [-0.2, 0) is 0 Å². The number of H-pyrrole nitrogens is 1. The first-order valence-electron chi connectivity index (χ1n) is 6.97. The summed E-state index contributed by atoms with van der Waals surface area (Å²) in [6.07, 6.45) is 0.926. The molecule has 2 aromatic rings. The molecule has 0 radical (unpaired) electrons. The van der Waals surface area contributed by atoms with Gasteiger partial charge in [0, 0.05) is 11.3 Å². The average molecular weight is 273 g/mol. The lowest BCUT2D eigenvalue weighted by molar-refractivity contribution is 0.415. The predicted octanol–water partition coefficient (Wildman–Crippen LogP) is 3.44. The van der Waals surface area contributed by atoms with Crippen molar-refractivity contribution in [3.8, 4) is 17.0 Å². The highest BCUT2D eigenvalue weighted by molar-refractivity contribution is 5.62. The van der Waals surface area contributed by atoms with Gasteiger partial charge in [-0.3, -0.25) is 0 Å². The monoisotopic (exact) mass is 273 g/mol. The molecular weight excluding hydrogens is 250 g/mol. The minimum Gasteiger partial charge on any atom is -0.497 e. The third-order valence-corrected chi connectivity index (χ3v) is 3.34.